The SMILES string of the molecule is Cc1cc(CNC(=O)c2cc(C(=O)NCc3ccc(OCC(=O)N4CCOCC4)cc3)ncn2)ccc1F. The van der Waals surface area contributed by atoms with Crippen molar-refractivity contribution in [2.24, 2.45) is 0 Å². The zero-order chi connectivity index (χ0) is 26.9. The highest BCUT2D eigenvalue weighted by atomic mass is 19.1. The molecular weight excluding hydrogens is 493 g/mol. The van der Waals surface area contributed by atoms with Crippen molar-refractivity contribution in [3.8, 4) is 5.75 Å². The molecule has 1 aliphatic rings. The fourth-order valence-corrected chi connectivity index (χ4v) is 3.72. The summed E-state index contributed by atoms with van der Waals surface area (Å²) in [5, 5.41) is 5.46. The summed E-state index contributed by atoms with van der Waals surface area (Å²) < 4.78 is 24.2. The summed E-state index contributed by atoms with van der Waals surface area (Å²) in [6.45, 7) is 4.20. The van der Waals surface area contributed by atoms with Gasteiger partial charge in [-0.05, 0) is 41.8 Å². The molecule has 0 bridgehead atoms. The molecule has 3 amide bonds. The van der Waals surface area contributed by atoms with Crippen LogP contribution < -0.4 is 15.4 Å². The van der Waals surface area contributed by atoms with Crippen molar-refractivity contribution >= 4 is 17.7 Å². The first-order valence-electron chi connectivity index (χ1n) is 12.1. The zero-order valence-electron chi connectivity index (χ0n) is 20.9. The molecule has 0 radical (unpaired) electrons. The van der Waals surface area contributed by atoms with E-state index in [2.05, 4.69) is 20.6 Å². The van der Waals surface area contributed by atoms with Crippen molar-refractivity contribution in [3.05, 3.63) is 88.8 Å². The van der Waals surface area contributed by atoms with Gasteiger partial charge in [-0.3, -0.25) is 14.4 Å². The molecule has 1 aromatic heterocycles. The Kier molecular flexibility index (Phi) is 8.94. The molecule has 1 aliphatic heterocycles. The van der Waals surface area contributed by atoms with Gasteiger partial charge in [0.25, 0.3) is 17.7 Å². The molecule has 2 heterocycles. The average molecular weight is 522 g/mol. The standard InChI is InChI=1S/C27H28FN5O5/c1-18-12-20(4-7-22(18)28)15-30-27(36)24-13-23(31-17-32-24)26(35)29-14-19-2-5-21(6-3-19)38-16-25(34)33-8-10-37-11-9-33/h2-7,12-13,17H,8-11,14-16H2,1H3,(H,29,35)(H,30,36). The normalized spacial score (nSPS) is 13.1. The zero-order valence-corrected chi connectivity index (χ0v) is 20.9. The first kappa shape index (κ1) is 26.7. The van der Waals surface area contributed by atoms with Gasteiger partial charge in [0, 0.05) is 32.2 Å². The number of rotatable bonds is 9. The van der Waals surface area contributed by atoms with Gasteiger partial charge in [0.15, 0.2) is 6.61 Å². The van der Waals surface area contributed by atoms with Gasteiger partial charge < -0.3 is 25.0 Å². The molecule has 0 atom stereocenters. The van der Waals surface area contributed by atoms with Crippen LogP contribution in [0.1, 0.15) is 37.7 Å². The van der Waals surface area contributed by atoms with Gasteiger partial charge >= 0.3 is 0 Å². The molecular formula is C27H28FN5O5. The Balaban J connectivity index is 1.24. The van der Waals surface area contributed by atoms with E-state index in [1.807, 2.05) is 0 Å². The molecule has 1 fully saturated rings. The third-order valence-electron chi connectivity index (χ3n) is 5.91. The lowest BCUT2D eigenvalue weighted by Crippen LogP contribution is -2.42. The van der Waals surface area contributed by atoms with Crippen molar-refractivity contribution in [1.29, 1.82) is 0 Å². The Morgan fingerprint density at radius 2 is 1.53 bits per heavy atom. The van der Waals surface area contributed by atoms with Crippen LogP contribution in [0.5, 0.6) is 5.75 Å². The largest absolute Gasteiger partial charge is 0.484 e. The lowest BCUT2D eigenvalue weighted by atomic mass is 10.1. The highest BCUT2D eigenvalue weighted by Gasteiger charge is 2.17. The van der Waals surface area contributed by atoms with Crippen LogP contribution in [-0.2, 0) is 22.6 Å². The monoisotopic (exact) mass is 521 g/mol. The second-order valence-electron chi connectivity index (χ2n) is 8.66. The van der Waals surface area contributed by atoms with Gasteiger partial charge in [-0.2, -0.15) is 0 Å². The molecule has 3 aromatic rings. The maximum Gasteiger partial charge on any atom is 0.270 e. The minimum Gasteiger partial charge on any atom is -0.484 e. The number of amides is 3. The van der Waals surface area contributed by atoms with E-state index < -0.39 is 11.8 Å². The van der Waals surface area contributed by atoms with Crippen LogP contribution in [0.25, 0.3) is 0 Å². The van der Waals surface area contributed by atoms with Crippen LogP contribution in [0.4, 0.5) is 4.39 Å². The highest BCUT2D eigenvalue weighted by molar-refractivity contribution is 5.97. The van der Waals surface area contributed by atoms with Gasteiger partial charge in [0.2, 0.25) is 0 Å². The van der Waals surface area contributed by atoms with E-state index in [1.165, 1.54) is 12.1 Å². The summed E-state index contributed by atoms with van der Waals surface area (Å²) >= 11 is 0. The molecule has 10 nitrogen and oxygen atoms in total. The van der Waals surface area contributed by atoms with Gasteiger partial charge in [-0.25, -0.2) is 14.4 Å². The van der Waals surface area contributed by atoms with Gasteiger partial charge in [0.1, 0.15) is 29.3 Å². The van der Waals surface area contributed by atoms with Gasteiger partial charge in [-0.15, -0.1) is 0 Å². The number of aromatic nitrogens is 2. The predicted molar refractivity (Wildman–Crippen MR) is 135 cm³/mol. The smallest absolute Gasteiger partial charge is 0.270 e. The molecule has 2 aromatic carbocycles. The molecule has 4 rings (SSSR count). The van der Waals surface area contributed by atoms with Crippen LogP contribution >= 0.6 is 0 Å². The van der Waals surface area contributed by atoms with Crippen molar-refractivity contribution in [2.75, 3.05) is 32.9 Å². The minimum absolute atomic E-state index is 0.0390. The number of carbonyl (C=O) groups excluding carboxylic acids is 3. The summed E-state index contributed by atoms with van der Waals surface area (Å²) in [5.74, 6) is -0.804. The second-order valence-corrected chi connectivity index (χ2v) is 8.66. The molecule has 0 aliphatic carbocycles. The number of aryl methyl sites for hydroxylation is 1. The number of halogens is 1. The van der Waals surface area contributed by atoms with Crippen LogP contribution in [-0.4, -0.2) is 65.5 Å². The first-order valence-corrected chi connectivity index (χ1v) is 12.1. The van der Waals surface area contributed by atoms with Gasteiger partial charge in [-0.1, -0.05) is 24.3 Å². The molecule has 198 valence electrons. The number of nitrogens with zero attached hydrogens (tertiary/aromatic N) is 3. The second kappa shape index (κ2) is 12.7. The number of nitrogens with one attached hydrogen (secondary N) is 2. The summed E-state index contributed by atoms with van der Waals surface area (Å²) in [7, 11) is 0. The Morgan fingerprint density at radius 1 is 0.921 bits per heavy atom. The van der Waals surface area contributed by atoms with Crippen molar-refractivity contribution in [1.82, 2.24) is 25.5 Å². The fraction of sp³-hybridized carbons (Fsp3) is 0.296. The number of ether oxygens (including phenoxy) is 2. The average Bonchev–Trinajstić information content (AvgIpc) is 2.96. The Hall–Kier alpha value is -4.38. The van der Waals surface area contributed by atoms with Crippen molar-refractivity contribution in [3.63, 3.8) is 0 Å². The summed E-state index contributed by atoms with van der Waals surface area (Å²) in [4.78, 5) is 46.9. The van der Waals surface area contributed by atoms with Crippen LogP contribution in [0.3, 0.4) is 0 Å². The third-order valence-corrected chi connectivity index (χ3v) is 5.91. The van der Waals surface area contributed by atoms with Gasteiger partial charge in [0.05, 0.1) is 13.2 Å². The molecule has 2 N–H and O–H groups in total. The quantitative estimate of drug-likeness (QED) is 0.442. The number of hydrogen-bond acceptors (Lipinski definition) is 7. The van der Waals surface area contributed by atoms with Crippen molar-refractivity contribution < 1.29 is 28.2 Å². The maximum absolute atomic E-state index is 13.4. The number of carbonyl (C=O) groups is 3. The van der Waals surface area contributed by atoms with E-state index in [1.54, 1.807) is 48.2 Å². The van der Waals surface area contributed by atoms with E-state index >= 15 is 0 Å². The predicted octanol–water partition coefficient (Wildman–Crippen LogP) is 2.02. The first-order chi connectivity index (χ1) is 18.4. The van der Waals surface area contributed by atoms with E-state index in [4.69, 9.17) is 9.47 Å². The van der Waals surface area contributed by atoms with Crippen LogP contribution in [0, 0.1) is 12.7 Å². The van der Waals surface area contributed by atoms with Crippen LogP contribution in [0.15, 0.2) is 54.9 Å². The Bertz CT molecular complexity index is 1300. The lowest BCUT2D eigenvalue weighted by molar-refractivity contribution is -0.137. The minimum atomic E-state index is -0.480. The highest BCUT2D eigenvalue weighted by Crippen LogP contribution is 2.13. The lowest BCUT2D eigenvalue weighted by Gasteiger charge is -2.26. The molecule has 0 spiro atoms. The third kappa shape index (κ3) is 7.32. The number of hydrogen-bond donors (Lipinski definition) is 2. The maximum atomic E-state index is 13.4. The summed E-state index contributed by atoms with van der Waals surface area (Å²) in [6.07, 6.45) is 1.15. The van der Waals surface area contributed by atoms with E-state index in [-0.39, 0.29) is 42.8 Å². The molecule has 38 heavy (non-hydrogen) atoms. The van der Waals surface area contributed by atoms with E-state index in [0.717, 1.165) is 17.5 Å². The summed E-state index contributed by atoms with van der Waals surface area (Å²) in [6, 6.07) is 12.9. The molecule has 0 saturated carbocycles. The Labute approximate surface area is 219 Å². The topological polar surface area (TPSA) is 123 Å². The Morgan fingerprint density at radius 3 is 2.16 bits per heavy atom. The van der Waals surface area contributed by atoms with Crippen LogP contribution in [0.2, 0.25) is 0 Å². The molecule has 0 unspecified atom stereocenters. The van der Waals surface area contributed by atoms with E-state index in [9.17, 15) is 18.8 Å². The number of benzene rings is 2. The van der Waals surface area contributed by atoms with Crippen molar-refractivity contribution in [2.45, 2.75) is 20.0 Å². The summed E-state index contributed by atoms with van der Waals surface area (Å²) in [5.41, 5.74) is 2.12. The van der Waals surface area contributed by atoms with E-state index in [0.29, 0.717) is 37.6 Å². The number of morpholine rings is 1. The molecule has 1 saturated heterocycles. The molecule has 11 heteroatoms. The fourth-order valence-electron chi connectivity index (χ4n) is 3.72.